The van der Waals surface area contributed by atoms with Crippen LogP contribution in [-0.2, 0) is 12.8 Å². The summed E-state index contributed by atoms with van der Waals surface area (Å²) < 4.78 is 15.1. The molecule has 21 heavy (non-hydrogen) atoms. The molecular weight excluding hydrogens is 373 g/mol. The first-order valence-corrected chi connectivity index (χ1v) is 9.04. The standard InChI is InChI=1S/C16H18BrClFNS/c1-2-6-20-12(8-13-7-11(17)10-21-13)9-14-15(18)4-3-5-16(14)19/h3-5,7,10,12,20H,2,6,8-9H2,1H3. The summed E-state index contributed by atoms with van der Waals surface area (Å²) in [6, 6.07) is 7.17. The Labute approximate surface area is 142 Å². The zero-order valence-corrected chi connectivity index (χ0v) is 15.0. The van der Waals surface area contributed by atoms with Crippen LogP contribution in [0.3, 0.4) is 0 Å². The van der Waals surface area contributed by atoms with Crippen LogP contribution < -0.4 is 5.32 Å². The van der Waals surface area contributed by atoms with Crippen molar-refractivity contribution < 1.29 is 4.39 Å². The van der Waals surface area contributed by atoms with Crippen molar-refractivity contribution in [2.45, 2.75) is 32.2 Å². The van der Waals surface area contributed by atoms with E-state index in [1.54, 1.807) is 23.5 Å². The maximum atomic E-state index is 14.0. The lowest BCUT2D eigenvalue weighted by molar-refractivity contribution is 0.495. The smallest absolute Gasteiger partial charge is 0.127 e. The zero-order chi connectivity index (χ0) is 15.2. The average Bonchev–Trinajstić information content (AvgIpc) is 2.85. The van der Waals surface area contributed by atoms with Gasteiger partial charge < -0.3 is 5.32 Å². The third-order valence-corrected chi connectivity index (χ3v) is 5.34. The molecule has 114 valence electrons. The fourth-order valence-corrected chi connectivity index (χ4v) is 4.02. The first kappa shape index (κ1) is 16.9. The normalized spacial score (nSPS) is 12.6. The number of benzene rings is 1. The summed E-state index contributed by atoms with van der Waals surface area (Å²) >= 11 is 11.3. The van der Waals surface area contributed by atoms with Gasteiger partial charge in [-0.2, -0.15) is 0 Å². The molecule has 1 aromatic heterocycles. The van der Waals surface area contributed by atoms with Crippen LogP contribution in [0.5, 0.6) is 0 Å². The Morgan fingerprint density at radius 2 is 2.19 bits per heavy atom. The maximum absolute atomic E-state index is 14.0. The SMILES string of the molecule is CCCNC(Cc1cc(Br)cs1)Cc1c(F)cccc1Cl. The van der Waals surface area contributed by atoms with E-state index in [1.165, 1.54) is 10.9 Å². The molecule has 0 fully saturated rings. The van der Waals surface area contributed by atoms with Gasteiger partial charge >= 0.3 is 0 Å². The molecule has 2 aromatic rings. The number of hydrogen-bond donors (Lipinski definition) is 1. The van der Waals surface area contributed by atoms with Gasteiger partial charge in [-0.25, -0.2) is 4.39 Å². The van der Waals surface area contributed by atoms with Gasteiger partial charge in [0.05, 0.1) is 0 Å². The highest BCUT2D eigenvalue weighted by molar-refractivity contribution is 9.10. The van der Waals surface area contributed by atoms with Gasteiger partial charge in [-0.1, -0.05) is 24.6 Å². The lowest BCUT2D eigenvalue weighted by Crippen LogP contribution is -2.34. The van der Waals surface area contributed by atoms with Crippen LogP contribution in [0, 0.1) is 5.82 Å². The molecule has 1 atom stereocenters. The number of hydrogen-bond acceptors (Lipinski definition) is 2. The second kappa shape index (κ2) is 8.28. The van der Waals surface area contributed by atoms with E-state index in [2.05, 4.69) is 39.6 Å². The highest BCUT2D eigenvalue weighted by atomic mass is 79.9. The highest BCUT2D eigenvalue weighted by Gasteiger charge is 2.16. The molecule has 0 bridgehead atoms. The van der Waals surface area contributed by atoms with E-state index in [0.29, 0.717) is 17.0 Å². The number of halogens is 3. The van der Waals surface area contributed by atoms with Gasteiger partial charge in [-0.15, -0.1) is 11.3 Å². The largest absolute Gasteiger partial charge is 0.313 e. The van der Waals surface area contributed by atoms with Crippen LogP contribution in [-0.4, -0.2) is 12.6 Å². The van der Waals surface area contributed by atoms with E-state index in [4.69, 9.17) is 11.6 Å². The molecular formula is C16H18BrClFNS. The fraction of sp³-hybridized carbons (Fsp3) is 0.375. The Bertz CT molecular complexity index is 567. The van der Waals surface area contributed by atoms with Gasteiger partial charge in [0, 0.05) is 31.4 Å². The van der Waals surface area contributed by atoms with Crippen molar-refractivity contribution in [3.63, 3.8) is 0 Å². The molecule has 1 aromatic carbocycles. The molecule has 2 rings (SSSR count). The van der Waals surface area contributed by atoms with Crippen LogP contribution in [0.2, 0.25) is 5.02 Å². The van der Waals surface area contributed by atoms with Gasteiger partial charge in [0.25, 0.3) is 0 Å². The molecule has 0 aliphatic heterocycles. The van der Waals surface area contributed by atoms with Crippen LogP contribution in [0.25, 0.3) is 0 Å². The minimum absolute atomic E-state index is 0.185. The van der Waals surface area contributed by atoms with E-state index in [0.717, 1.165) is 23.9 Å². The molecule has 0 aliphatic rings. The summed E-state index contributed by atoms with van der Waals surface area (Å²) in [5.74, 6) is -0.224. The summed E-state index contributed by atoms with van der Waals surface area (Å²) in [6.07, 6.45) is 2.53. The second-order valence-corrected chi connectivity index (χ2v) is 7.31. The third-order valence-electron chi connectivity index (χ3n) is 3.26. The molecule has 1 heterocycles. The van der Waals surface area contributed by atoms with E-state index in [-0.39, 0.29) is 11.9 Å². The second-order valence-electron chi connectivity index (χ2n) is 4.99. The predicted octanol–water partition coefficient (Wildman–Crippen LogP) is 5.46. The average molecular weight is 391 g/mol. The Balaban J connectivity index is 2.12. The zero-order valence-electron chi connectivity index (χ0n) is 11.8. The third kappa shape index (κ3) is 5.06. The minimum atomic E-state index is -0.224. The van der Waals surface area contributed by atoms with E-state index >= 15 is 0 Å². The molecule has 0 aliphatic carbocycles. The number of thiophene rings is 1. The fourth-order valence-electron chi connectivity index (χ4n) is 2.24. The Morgan fingerprint density at radius 1 is 1.38 bits per heavy atom. The summed E-state index contributed by atoms with van der Waals surface area (Å²) in [6.45, 7) is 3.05. The van der Waals surface area contributed by atoms with E-state index in [9.17, 15) is 4.39 Å². The predicted molar refractivity (Wildman–Crippen MR) is 92.9 cm³/mol. The van der Waals surface area contributed by atoms with Gasteiger partial charge in [-0.05, 0) is 59.9 Å². The molecule has 1 nitrogen and oxygen atoms in total. The molecule has 0 amide bonds. The first-order valence-electron chi connectivity index (χ1n) is 6.99. The Hall–Kier alpha value is -0.420. The summed E-state index contributed by atoms with van der Waals surface area (Å²) in [5.41, 5.74) is 0.600. The van der Waals surface area contributed by atoms with Crippen LogP contribution >= 0.6 is 38.9 Å². The van der Waals surface area contributed by atoms with Crippen molar-refractivity contribution in [1.29, 1.82) is 0 Å². The topological polar surface area (TPSA) is 12.0 Å². The van der Waals surface area contributed by atoms with E-state index < -0.39 is 0 Å². The van der Waals surface area contributed by atoms with E-state index in [1.807, 2.05) is 0 Å². The Morgan fingerprint density at radius 3 is 2.81 bits per heavy atom. The van der Waals surface area contributed by atoms with Crippen LogP contribution in [0.4, 0.5) is 4.39 Å². The molecule has 0 saturated carbocycles. The van der Waals surface area contributed by atoms with Gasteiger partial charge in [0.1, 0.15) is 5.82 Å². The summed E-state index contributed by atoms with van der Waals surface area (Å²) in [7, 11) is 0. The molecule has 5 heteroatoms. The Kier molecular flexibility index (Phi) is 6.68. The van der Waals surface area contributed by atoms with Gasteiger partial charge in [-0.3, -0.25) is 0 Å². The van der Waals surface area contributed by atoms with Crippen molar-refractivity contribution in [2.24, 2.45) is 0 Å². The van der Waals surface area contributed by atoms with Crippen molar-refractivity contribution in [3.05, 3.63) is 55.4 Å². The quantitative estimate of drug-likeness (QED) is 0.662. The van der Waals surface area contributed by atoms with Crippen molar-refractivity contribution in [3.8, 4) is 0 Å². The molecule has 0 radical (unpaired) electrons. The van der Waals surface area contributed by atoms with Crippen molar-refractivity contribution in [2.75, 3.05) is 6.54 Å². The van der Waals surface area contributed by atoms with Gasteiger partial charge in [0.15, 0.2) is 0 Å². The summed E-state index contributed by atoms with van der Waals surface area (Å²) in [5, 5.41) is 6.07. The molecule has 0 saturated heterocycles. The monoisotopic (exact) mass is 389 g/mol. The van der Waals surface area contributed by atoms with Crippen molar-refractivity contribution >= 4 is 38.9 Å². The van der Waals surface area contributed by atoms with Crippen molar-refractivity contribution in [1.82, 2.24) is 5.32 Å². The summed E-state index contributed by atoms with van der Waals surface area (Å²) in [4.78, 5) is 1.28. The minimum Gasteiger partial charge on any atom is -0.313 e. The van der Waals surface area contributed by atoms with Crippen LogP contribution in [0.1, 0.15) is 23.8 Å². The molecule has 1 unspecified atom stereocenters. The number of rotatable bonds is 7. The van der Waals surface area contributed by atoms with Crippen LogP contribution in [0.15, 0.2) is 34.1 Å². The lowest BCUT2D eigenvalue weighted by atomic mass is 10.0. The maximum Gasteiger partial charge on any atom is 0.127 e. The van der Waals surface area contributed by atoms with Gasteiger partial charge in [0.2, 0.25) is 0 Å². The lowest BCUT2D eigenvalue weighted by Gasteiger charge is -2.19. The highest BCUT2D eigenvalue weighted by Crippen LogP contribution is 2.24. The molecule has 1 N–H and O–H groups in total. The first-order chi connectivity index (χ1) is 10.1. The molecule has 0 spiro atoms. The number of nitrogens with one attached hydrogen (secondary N) is 1.